The van der Waals surface area contributed by atoms with Gasteiger partial charge < -0.3 is 9.32 Å². The van der Waals surface area contributed by atoms with Crippen molar-refractivity contribution in [3.8, 4) is 0 Å². The van der Waals surface area contributed by atoms with Gasteiger partial charge in [0.25, 0.3) is 5.91 Å². The molecule has 1 aromatic heterocycles. The number of hydrogen-bond donors (Lipinski definition) is 0. The Morgan fingerprint density at radius 3 is 2.74 bits per heavy atom. The molecule has 0 bridgehead atoms. The molecule has 1 aliphatic rings. The van der Waals surface area contributed by atoms with Crippen LogP contribution in [-0.2, 0) is 16.4 Å². The van der Waals surface area contributed by atoms with Gasteiger partial charge in [-0.25, -0.2) is 8.42 Å². The van der Waals surface area contributed by atoms with E-state index in [1.165, 1.54) is 0 Å². The van der Waals surface area contributed by atoms with Crippen LogP contribution >= 0.6 is 0 Å². The summed E-state index contributed by atoms with van der Waals surface area (Å²) in [7, 11) is -3.07. The first-order valence-electron chi connectivity index (χ1n) is 7.55. The van der Waals surface area contributed by atoms with Gasteiger partial charge in [0.2, 0.25) is 0 Å². The van der Waals surface area contributed by atoms with Gasteiger partial charge in [-0.2, -0.15) is 0 Å². The van der Waals surface area contributed by atoms with Gasteiger partial charge in [0.15, 0.2) is 9.84 Å². The van der Waals surface area contributed by atoms with Crippen LogP contribution in [0.25, 0.3) is 0 Å². The summed E-state index contributed by atoms with van der Waals surface area (Å²) in [4.78, 5) is 14.5. The monoisotopic (exact) mass is 333 g/mol. The first-order valence-corrected chi connectivity index (χ1v) is 9.37. The third-order valence-electron chi connectivity index (χ3n) is 4.08. The highest BCUT2D eigenvalue weighted by atomic mass is 32.2. The molecule has 1 aromatic carbocycles. The predicted molar refractivity (Wildman–Crippen MR) is 86.8 cm³/mol. The lowest BCUT2D eigenvalue weighted by Crippen LogP contribution is -2.40. The second kappa shape index (κ2) is 6.20. The third kappa shape index (κ3) is 3.64. The predicted octanol–water partition coefficient (Wildman–Crippen LogP) is 2.42. The Kier molecular flexibility index (Phi) is 4.26. The van der Waals surface area contributed by atoms with Gasteiger partial charge >= 0.3 is 0 Å². The SMILES string of the molecule is Cc1cccc(C(=O)N(Cc2ccco2)C2CCS(=O)(=O)C2)c1. The van der Waals surface area contributed by atoms with Crippen LogP contribution in [0.15, 0.2) is 47.1 Å². The zero-order valence-electron chi connectivity index (χ0n) is 12.9. The lowest BCUT2D eigenvalue weighted by molar-refractivity contribution is 0.0666. The summed E-state index contributed by atoms with van der Waals surface area (Å²) in [6, 6.07) is 10.6. The van der Waals surface area contributed by atoms with E-state index in [1.807, 2.05) is 25.1 Å². The third-order valence-corrected chi connectivity index (χ3v) is 5.83. The molecule has 2 heterocycles. The minimum Gasteiger partial charge on any atom is -0.467 e. The molecule has 1 saturated heterocycles. The largest absolute Gasteiger partial charge is 0.467 e. The Bertz CT molecular complexity index is 796. The van der Waals surface area contributed by atoms with Crippen LogP contribution in [0, 0.1) is 6.92 Å². The zero-order valence-corrected chi connectivity index (χ0v) is 13.8. The topological polar surface area (TPSA) is 67.6 Å². The molecular formula is C17H19NO4S. The lowest BCUT2D eigenvalue weighted by Gasteiger charge is -2.27. The van der Waals surface area contributed by atoms with Crippen LogP contribution in [0.1, 0.15) is 28.1 Å². The van der Waals surface area contributed by atoms with E-state index in [4.69, 9.17) is 4.42 Å². The average Bonchev–Trinajstić information content (AvgIpc) is 3.13. The number of carbonyl (C=O) groups excluding carboxylic acids is 1. The molecule has 3 rings (SSSR count). The number of carbonyl (C=O) groups is 1. The number of sulfone groups is 1. The molecule has 2 aromatic rings. The number of benzene rings is 1. The van der Waals surface area contributed by atoms with Gasteiger partial charge in [0.05, 0.1) is 24.3 Å². The van der Waals surface area contributed by atoms with Crippen molar-refractivity contribution < 1.29 is 17.6 Å². The van der Waals surface area contributed by atoms with Crippen molar-refractivity contribution in [1.82, 2.24) is 4.90 Å². The number of rotatable bonds is 4. The fourth-order valence-electron chi connectivity index (χ4n) is 2.90. The minimum absolute atomic E-state index is 0.0191. The van der Waals surface area contributed by atoms with Gasteiger partial charge in [-0.1, -0.05) is 17.7 Å². The smallest absolute Gasteiger partial charge is 0.254 e. The van der Waals surface area contributed by atoms with Crippen LogP contribution < -0.4 is 0 Å². The average molecular weight is 333 g/mol. The minimum atomic E-state index is -3.07. The molecular weight excluding hydrogens is 314 g/mol. The van der Waals surface area contributed by atoms with Crippen molar-refractivity contribution in [3.63, 3.8) is 0 Å². The summed E-state index contributed by atoms with van der Waals surface area (Å²) < 4.78 is 28.9. The first kappa shape index (κ1) is 15.8. The summed E-state index contributed by atoms with van der Waals surface area (Å²) in [5.41, 5.74) is 1.56. The van der Waals surface area contributed by atoms with E-state index >= 15 is 0 Å². The van der Waals surface area contributed by atoms with Crippen LogP contribution in [-0.4, -0.2) is 36.8 Å². The molecule has 0 aliphatic carbocycles. The Labute approximate surface area is 135 Å². The van der Waals surface area contributed by atoms with Crippen LogP contribution in [0.4, 0.5) is 0 Å². The highest BCUT2D eigenvalue weighted by molar-refractivity contribution is 7.91. The number of hydrogen-bond acceptors (Lipinski definition) is 4. The molecule has 0 N–H and O–H groups in total. The van der Waals surface area contributed by atoms with Crippen molar-refractivity contribution in [2.45, 2.75) is 25.9 Å². The van der Waals surface area contributed by atoms with Crippen LogP contribution in [0.2, 0.25) is 0 Å². The maximum Gasteiger partial charge on any atom is 0.254 e. The van der Waals surface area contributed by atoms with E-state index in [0.29, 0.717) is 17.7 Å². The van der Waals surface area contributed by atoms with E-state index in [1.54, 1.807) is 29.4 Å². The summed E-state index contributed by atoms with van der Waals surface area (Å²) in [5.74, 6) is 0.640. The molecule has 1 amide bonds. The van der Waals surface area contributed by atoms with Crippen LogP contribution in [0.5, 0.6) is 0 Å². The number of furan rings is 1. The van der Waals surface area contributed by atoms with Gasteiger partial charge in [0.1, 0.15) is 5.76 Å². The van der Waals surface area contributed by atoms with E-state index in [0.717, 1.165) is 5.56 Å². The molecule has 0 spiro atoms. The molecule has 5 nitrogen and oxygen atoms in total. The molecule has 23 heavy (non-hydrogen) atoms. The Balaban J connectivity index is 1.89. The molecule has 0 saturated carbocycles. The van der Waals surface area contributed by atoms with Crippen molar-refractivity contribution in [2.24, 2.45) is 0 Å². The van der Waals surface area contributed by atoms with E-state index in [9.17, 15) is 13.2 Å². The lowest BCUT2D eigenvalue weighted by atomic mass is 10.1. The number of nitrogens with zero attached hydrogens (tertiary/aromatic N) is 1. The maximum atomic E-state index is 12.9. The fourth-order valence-corrected chi connectivity index (χ4v) is 4.63. The molecule has 6 heteroatoms. The Morgan fingerprint density at radius 2 is 2.13 bits per heavy atom. The summed E-state index contributed by atoms with van der Waals surface area (Å²) >= 11 is 0. The quantitative estimate of drug-likeness (QED) is 0.862. The van der Waals surface area contributed by atoms with Crippen molar-refractivity contribution in [1.29, 1.82) is 0 Å². The second-order valence-electron chi connectivity index (χ2n) is 5.94. The van der Waals surface area contributed by atoms with Gasteiger partial charge in [-0.15, -0.1) is 0 Å². The van der Waals surface area contributed by atoms with Gasteiger partial charge in [-0.3, -0.25) is 4.79 Å². The van der Waals surface area contributed by atoms with E-state index in [2.05, 4.69) is 0 Å². The second-order valence-corrected chi connectivity index (χ2v) is 8.17. The van der Waals surface area contributed by atoms with E-state index in [-0.39, 0.29) is 30.0 Å². The van der Waals surface area contributed by atoms with Gasteiger partial charge in [0, 0.05) is 11.6 Å². The normalized spacial score (nSPS) is 19.6. The number of amides is 1. The molecule has 1 aliphatic heterocycles. The fraction of sp³-hybridized carbons (Fsp3) is 0.353. The molecule has 0 radical (unpaired) electrons. The van der Waals surface area contributed by atoms with Crippen LogP contribution in [0.3, 0.4) is 0 Å². The Hall–Kier alpha value is -2.08. The van der Waals surface area contributed by atoms with Gasteiger partial charge in [-0.05, 0) is 37.6 Å². The number of aryl methyl sites for hydroxylation is 1. The van der Waals surface area contributed by atoms with Crippen molar-refractivity contribution in [3.05, 3.63) is 59.5 Å². The highest BCUT2D eigenvalue weighted by Gasteiger charge is 2.35. The molecule has 1 unspecified atom stereocenters. The maximum absolute atomic E-state index is 12.9. The summed E-state index contributed by atoms with van der Waals surface area (Å²) in [6.07, 6.45) is 2.02. The Morgan fingerprint density at radius 1 is 1.30 bits per heavy atom. The molecule has 122 valence electrons. The highest BCUT2D eigenvalue weighted by Crippen LogP contribution is 2.22. The summed E-state index contributed by atoms with van der Waals surface area (Å²) in [6.45, 7) is 2.20. The molecule has 1 atom stereocenters. The van der Waals surface area contributed by atoms with Crippen molar-refractivity contribution in [2.75, 3.05) is 11.5 Å². The first-order chi connectivity index (χ1) is 10.9. The molecule has 1 fully saturated rings. The zero-order chi connectivity index (χ0) is 16.4. The van der Waals surface area contributed by atoms with Crippen molar-refractivity contribution >= 4 is 15.7 Å². The summed E-state index contributed by atoms with van der Waals surface area (Å²) in [5, 5.41) is 0. The van der Waals surface area contributed by atoms with E-state index < -0.39 is 9.84 Å². The standard InChI is InChI=1S/C17H19NO4S/c1-13-4-2-5-14(10-13)17(19)18(11-16-6-3-8-22-16)15-7-9-23(20,21)12-15/h2-6,8,10,15H,7,9,11-12H2,1H3.